The molecule has 0 atom stereocenters. The van der Waals surface area contributed by atoms with Crippen LogP contribution in [0.1, 0.15) is 16.7 Å². The van der Waals surface area contributed by atoms with E-state index in [9.17, 15) is 9.59 Å². The van der Waals surface area contributed by atoms with Gasteiger partial charge < -0.3 is 15.2 Å². The van der Waals surface area contributed by atoms with Crippen molar-refractivity contribution in [1.82, 2.24) is 9.88 Å². The summed E-state index contributed by atoms with van der Waals surface area (Å²) in [5.74, 6) is 0. The van der Waals surface area contributed by atoms with Gasteiger partial charge in [-0.2, -0.15) is 0 Å². The first kappa shape index (κ1) is 21.9. The number of aromatic amines is 1. The molecule has 1 heterocycles. The van der Waals surface area contributed by atoms with Gasteiger partial charge in [-0.15, -0.1) is 0 Å². The molecule has 4 rings (SSSR count). The van der Waals surface area contributed by atoms with Gasteiger partial charge in [-0.05, 0) is 66.4 Å². The Balaban J connectivity index is 1.65. The van der Waals surface area contributed by atoms with Crippen molar-refractivity contribution in [3.05, 3.63) is 110 Å². The van der Waals surface area contributed by atoms with E-state index in [4.69, 9.17) is 23.2 Å². The van der Waals surface area contributed by atoms with Gasteiger partial charge in [0.2, 0.25) is 0 Å². The number of hydrogen-bond acceptors (Lipinski definition) is 2. The fraction of sp³-hybridized carbons (Fsp3) is 0.120. The number of rotatable bonds is 5. The van der Waals surface area contributed by atoms with Gasteiger partial charge >= 0.3 is 6.03 Å². The molecule has 0 spiro atoms. The summed E-state index contributed by atoms with van der Waals surface area (Å²) >= 11 is 12.0. The van der Waals surface area contributed by atoms with Crippen molar-refractivity contribution in [3.8, 4) is 0 Å². The molecule has 0 aliphatic carbocycles. The van der Waals surface area contributed by atoms with Crippen LogP contribution in [0.3, 0.4) is 0 Å². The topological polar surface area (TPSA) is 65.2 Å². The molecule has 0 saturated carbocycles. The second-order valence-corrected chi connectivity index (χ2v) is 8.51. The number of H-pyrrole nitrogens is 1. The Morgan fingerprint density at radius 2 is 1.72 bits per heavy atom. The predicted octanol–water partition coefficient (Wildman–Crippen LogP) is 6.38. The fourth-order valence-corrected chi connectivity index (χ4v) is 3.79. The van der Waals surface area contributed by atoms with Gasteiger partial charge in [0.1, 0.15) is 0 Å². The van der Waals surface area contributed by atoms with Crippen molar-refractivity contribution in [2.45, 2.75) is 20.0 Å². The van der Waals surface area contributed by atoms with E-state index in [-0.39, 0.29) is 18.1 Å². The Labute approximate surface area is 195 Å². The number of hydrogen-bond donors (Lipinski definition) is 2. The number of aryl methyl sites for hydroxylation is 1. The van der Waals surface area contributed by atoms with Crippen LogP contribution in [0.2, 0.25) is 10.0 Å². The largest absolute Gasteiger partial charge is 0.322 e. The second kappa shape index (κ2) is 9.47. The third-order valence-corrected chi connectivity index (χ3v) is 5.57. The molecule has 3 aromatic carbocycles. The van der Waals surface area contributed by atoms with E-state index in [0.29, 0.717) is 27.8 Å². The van der Waals surface area contributed by atoms with Crippen LogP contribution in [0.4, 0.5) is 10.5 Å². The van der Waals surface area contributed by atoms with Crippen LogP contribution in [-0.4, -0.2) is 15.9 Å². The van der Waals surface area contributed by atoms with Crippen LogP contribution in [0.15, 0.2) is 77.6 Å². The zero-order chi connectivity index (χ0) is 22.7. The molecule has 0 fully saturated rings. The highest BCUT2D eigenvalue weighted by Crippen LogP contribution is 2.19. The average Bonchev–Trinajstić information content (AvgIpc) is 2.75. The van der Waals surface area contributed by atoms with Crippen LogP contribution < -0.4 is 10.9 Å². The third-order valence-electron chi connectivity index (χ3n) is 5.09. The first-order chi connectivity index (χ1) is 15.4. The van der Waals surface area contributed by atoms with Crippen molar-refractivity contribution in [2.75, 3.05) is 5.32 Å². The van der Waals surface area contributed by atoms with Crippen LogP contribution >= 0.6 is 23.2 Å². The summed E-state index contributed by atoms with van der Waals surface area (Å²) in [6, 6.07) is 21.5. The minimum absolute atomic E-state index is 0.133. The number of carbonyl (C=O) groups excluding carboxylic acids is 1. The van der Waals surface area contributed by atoms with E-state index < -0.39 is 0 Å². The maximum Gasteiger partial charge on any atom is 0.322 e. The van der Waals surface area contributed by atoms with Crippen molar-refractivity contribution < 1.29 is 4.79 Å². The molecule has 32 heavy (non-hydrogen) atoms. The molecule has 7 heteroatoms. The smallest absolute Gasteiger partial charge is 0.322 e. The first-order valence-electron chi connectivity index (χ1n) is 10.1. The van der Waals surface area contributed by atoms with E-state index in [1.165, 1.54) is 0 Å². The standard InChI is InChI=1S/C25H21Cl2N3O2/c1-16-5-10-23-18(11-16)12-19(24(31)29-23)15-30(14-17-6-8-20(26)9-7-17)25(32)28-22-4-2-3-21(27)13-22/h2-13H,14-15H2,1H3,(H,28,32)(H,29,31). The molecule has 0 aliphatic heterocycles. The highest BCUT2D eigenvalue weighted by molar-refractivity contribution is 6.31. The Morgan fingerprint density at radius 3 is 2.47 bits per heavy atom. The van der Waals surface area contributed by atoms with E-state index >= 15 is 0 Å². The van der Waals surface area contributed by atoms with Gasteiger partial charge in [0.25, 0.3) is 5.56 Å². The highest BCUT2D eigenvalue weighted by Gasteiger charge is 2.17. The van der Waals surface area contributed by atoms with Crippen LogP contribution in [0.5, 0.6) is 0 Å². The Kier molecular flexibility index (Phi) is 6.49. The number of amides is 2. The molecule has 0 saturated heterocycles. The molecule has 2 N–H and O–H groups in total. The molecule has 0 bridgehead atoms. The maximum absolute atomic E-state index is 13.2. The van der Waals surface area contributed by atoms with Gasteiger partial charge in [0.05, 0.1) is 6.54 Å². The summed E-state index contributed by atoms with van der Waals surface area (Å²) in [5.41, 5.74) is 3.59. The zero-order valence-corrected chi connectivity index (χ0v) is 18.9. The van der Waals surface area contributed by atoms with Crippen LogP contribution in [-0.2, 0) is 13.1 Å². The molecule has 2 amide bonds. The second-order valence-electron chi connectivity index (χ2n) is 7.64. The maximum atomic E-state index is 13.2. The summed E-state index contributed by atoms with van der Waals surface area (Å²) in [5, 5.41) is 4.92. The summed E-state index contributed by atoms with van der Waals surface area (Å²) in [7, 11) is 0. The number of benzene rings is 3. The average molecular weight is 466 g/mol. The predicted molar refractivity (Wildman–Crippen MR) is 130 cm³/mol. The molecule has 1 aromatic heterocycles. The SMILES string of the molecule is Cc1ccc2[nH]c(=O)c(CN(Cc3ccc(Cl)cc3)C(=O)Nc3cccc(Cl)c3)cc2c1. The minimum Gasteiger partial charge on any atom is -0.322 e. The molecule has 4 aromatic rings. The van der Waals surface area contributed by atoms with Gasteiger partial charge in [-0.3, -0.25) is 4.79 Å². The van der Waals surface area contributed by atoms with Gasteiger partial charge in [0.15, 0.2) is 0 Å². The van der Waals surface area contributed by atoms with Crippen LogP contribution in [0.25, 0.3) is 10.9 Å². The Bertz CT molecular complexity index is 1330. The van der Waals surface area contributed by atoms with E-state index in [2.05, 4.69) is 10.3 Å². The van der Waals surface area contributed by atoms with Gasteiger partial charge in [-0.25, -0.2) is 4.79 Å². The molecule has 162 valence electrons. The lowest BCUT2D eigenvalue weighted by Crippen LogP contribution is -2.35. The number of carbonyl (C=O) groups is 1. The molecular formula is C25H21Cl2N3O2. The fourth-order valence-electron chi connectivity index (χ4n) is 3.47. The number of fused-ring (bicyclic) bond motifs is 1. The van der Waals surface area contributed by atoms with E-state index in [1.807, 2.05) is 43.3 Å². The lowest BCUT2D eigenvalue weighted by atomic mass is 10.1. The Hall–Kier alpha value is -3.28. The normalized spacial score (nSPS) is 10.8. The van der Waals surface area contributed by atoms with Crippen LogP contribution in [0, 0.1) is 6.92 Å². The monoisotopic (exact) mass is 465 g/mol. The van der Waals surface area contributed by atoms with E-state index in [0.717, 1.165) is 22.0 Å². The molecular weight excluding hydrogens is 445 g/mol. The summed E-state index contributed by atoms with van der Waals surface area (Å²) in [6.45, 7) is 2.43. The summed E-state index contributed by atoms with van der Waals surface area (Å²) < 4.78 is 0. The van der Waals surface area contributed by atoms with Crippen molar-refractivity contribution >= 4 is 45.8 Å². The molecule has 0 radical (unpaired) electrons. The van der Waals surface area contributed by atoms with Gasteiger partial charge in [0, 0.05) is 33.4 Å². The number of anilines is 1. The quantitative estimate of drug-likeness (QED) is 0.359. The third kappa shape index (κ3) is 5.31. The van der Waals surface area contributed by atoms with Crippen molar-refractivity contribution in [1.29, 1.82) is 0 Å². The van der Waals surface area contributed by atoms with Gasteiger partial charge in [-0.1, -0.05) is 53.0 Å². The minimum atomic E-state index is -0.342. The summed E-state index contributed by atoms with van der Waals surface area (Å²) in [6.07, 6.45) is 0. The van der Waals surface area contributed by atoms with Crippen molar-refractivity contribution in [2.24, 2.45) is 0 Å². The lowest BCUT2D eigenvalue weighted by molar-refractivity contribution is 0.206. The Morgan fingerprint density at radius 1 is 0.938 bits per heavy atom. The van der Waals surface area contributed by atoms with E-state index in [1.54, 1.807) is 41.3 Å². The number of nitrogens with one attached hydrogen (secondary N) is 2. The number of halogens is 2. The van der Waals surface area contributed by atoms with Crippen molar-refractivity contribution in [3.63, 3.8) is 0 Å². The number of aromatic nitrogens is 1. The number of urea groups is 1. The first-order valence-corrected chi connectivity index (χ1v) is 10.8. The number of nitrogens with zero attached hydrogens (tertiary/aromatic N) is 1. The number of pyridine rings is 1. The molecule has 0 unspecified atom stereocenters. The summed E-state index contributed by atoms with van der Waals surface area (Å²) in [4.78, 5) is 30.4. The molecule has 0 aliphatic rings. The molecule has 5 nitrogen and oxygen atoms in total. The lowest BCUT2D eigenvalue weighted by Gasteiger charge is -2.23. The zero-order valence-electron chi connectivity index (χ0n) is 17.4. The highest BCUT2D eigenvalue weighted by atomic mass is 35.5.